The summed E-state index contributed by atoms with van der Waals surface area (Å²) in [5.41, 5.74) is 3.84. The van der Waals surface area contributed by atoms with Gasteiger partial charge in [0, 0.05) is 17.5 Å². The van der Waals surface area contributed by atoms with Crippen LogP contribution in [0.5, 0.6) is 0 Å². The smallest absolute Gasteiger partial charge is 0.0827 e. The van der Waals surface area contributed by atoms with Crippen molar-refractivity contribution in [1.29, 1.82) is 0 Å². The average molecular weight is 290 g/mol. The van der Waals surface area contributed by atoms with Gasteiger partial charge < -0.3 is 10.5 Å². The minimum atomic E-state index is 0.603. The fraction of sp³-hybridized carbons (Fsp3) is 0.562. The molecule has 0 aromatic carbocycles. The van der Waals surface area contributed by atoms with Crippen LogP contribution in [-0.4, -0.2) is 23.5 Å². The van der Waals surface area contributed by atoms with Crippen LogP contribution in [0.3, 0.4) is 0 Å². The van der Waals surface area contributed by atoms with Gasteiger partial charge in [-0.25, -0.2) is 0 Å². The van der Waals surface area contributed by atoms with E-state index in [4.69, 9.17) is 5.21 Å². The maximum Gasteiger partial charge on any atom is 0.0827 e. The Hall–Kier alpha value is -1.13. The zero-order chi connectivity index (χ0) is 13.8. The zero-order valence-electron chi connectivity index (χ0n) is 11.8. The van der Waals surface area contributed by atoms with Crippen molar-refractivity contribution in [3.05, 3.63) is 33.5 Å². The summed E-state index contributed by atoms with van der Waals surface area (Å²) in [7, 11) is 0. The van der Waals surface area contributed by atoms with E-state index in [1.807, 2.05) is 11.3 Å². The molecule has 1 heterocycles. The van der Waals surface area contributed by atoms with E-state index in [1.165, 1.54) is 28.9 Å². The second-order valence-electron chi connectivity index (χ2n) is 5.71. The van der Waals surface area contributed by atoms with Crippen LogP contribution in [0.25, 0.3) is 0 Å². The third-order valence-corrected chi connectivity index (χ3v) is 5.34. The first-order valence-corrected chi connectivity index (χ1v) is 8.42. The maximum atomic E-state index is 9.08. The fourth-order valence-corrected chi connectivity index (χ4v) is 4.09. The van der Waals surface area contributed by atoms with Crippen molar-refractivity contribution in [3.63, 3.8) is 0 Å². The van der Waals surface area contributed by atoms with Crippen molar-refractivity contribution in [2.45, 2.75) is 51.0 Å². The predicted octanol–water partition coefficient (Wildman–Crippen LogP) is 3.74. The molecule has 2 N–H and O–H groups in total. The highest BCUT2D eigenvalue weighted by molar-refractivity contribution is 7.09. The first-order valence-electron chi connectivity index (χ1n) is 7.55. The third-order valence-electron chi connectivity index (χ3n) is 4.41. The van der Waals surface area contributed by atoms with Crippen molar-refractivity contribution < 1.29 is 5.21 Å². The molecule has 0 saturated carbocycles. The number of rotatable bonds is 4. The molecule has 1 aromatic heterocycles. The van der Waals surface area contributed by atoms with Crippen molar-refractivity contribution in [1.82, 2.24) is 5.32 Å². The Kier molecular flexibility index (Phi) is 4.53. The number of hydrogen-bond donors (Lipinski definition) is 2. The lowest BCUT2D eigenvalue weighted by molar-refractivity contribution is 0.316. The molecule has 3 rings (SSSR count). The summed E-state index contributed by atoms with van der Waals surface area (Å²) >= 11 is 1.84. The van der Waals surface area contributed by atoms with Gasteiger partial charge >= 0.3 is 0 Å². The highest BCUT2D eigenvalue weighted by Crippen LogP contribution is 2.34. The normalized spacial score (nSPS) is 25.0. The van der Waals surface area contributed by atoms with Gasteiger partial charge in [0.15, 0.2) is 0 Å². The molecule has 108 valence electrons. The molecule has 3 nitrogen and oxygen atoms in total. The van der Waals surface area contributed by atoms with Crippen LogP contribution in [-0.2, 0) is 6.42 Å². The molecule has 0 aliphatic heterocycles. The second kappa shape index (κ2) is 6.55. The molecule has 20 heavy (non-hydrogen) atoms. The Morgan fingerprint density at radius 1 is 1.35 bits per heavy atom. The molecule has 0 fully saturated rings. The van der Waals surface area contributed by atoms with Gasteiger partial charge in [-0.3, -0.25) is 0 Å². The van der Waals surface area contributed by atoms with E-state index < -0.39 is 0 Å². The van der Waals surface area contributed by atoms with Crippen molar-refractivity contribution in [3.8, 4) is 0 Å². The summed E-state index contributed by atoms with van der Waals surface area (Å²) < 4.78 is 0. The van der Waals surface area contributed by atoms with E-state index in [0.29, 0.717) is 6.04 Å². The lowest BCUT2D eigenvalue weighted by atomic mass is 9.79. The van der Waals surface area contributed by atoms with Gasteiger partial charge in [-0.2, -0.15) is 0 Å². The molecule has 1 aromatic rings. The third kappa shape index (κ3) is 3.13. The van der Waals surface area contributed by atoms with Gasteiger partial charge in [0.05, 0.1) is 5.71 Å². The number of thiophene rings is 1. The quantitative estimate of drug-likeness (QED) is 0.655. The van der Waals surface area contributed by atoms with E-state index in [0.717, 1.165) is 44.4 Å². The largest absolute Gasteiger partial charge is 0.411 e. The highest BCUT2D eigenvalue weighted by Gasteiger charge is 2.26. The van der Waals surface area contributed by atoms with Crippen molar-refractivity contribution >= 4 is 17.0 Å². The summed E-state index contributed by atoms with van der Waals surface area (Å²) in [4.78, 5) is 1.46. The minimum absolute atomic E-state index is 0.603. The van der Waals surface area contributed by atoms with Gasteiger partial charge in [-0.15, -0.1) is 11.3 Å². The molecule has 4 heteroatoms. The average Bonchev–Trinajstić information content (AvgIpc) is 2.99. The number of nitrogens with one attached hydrogen (secondary N) is 1. The van der Waals surface area contributed by atoms with E-state index >= 15 is 0 Å². The molecule has 2 aliphatic rings. The first-order chi connectivity index (χ1) is 9.86. The van der Waals surface area contributed by atoms with Crippen LogP contribution in [0.15, 0.2) is 33.8 Å². The number of oxime groups is 1. The Morgan fingerprint density at radius 2 is 2.30 bits per heavy atom. The van der Waals surface area contributed by atoms with Crippen LogP contribution in [0, 0.1) is 0 Å². The lowest BCUT2D eigenvalue weighted by Crippen LogP contribution is -2.35. The SMILES string of the molecule is O/N=C1\CCCC2=C1CCC(NCCc1cccs1)C2. The van der Waals surface area contributed by atoms with Gasteiger partial charge in [0.1, 0.15) is 0 Å². The summed E-state index contributed by atoms with van der Waals surface area (Å²) in [6, 6.07) is 4.93. The fourth-order valence-electron chi connectivity index (χ4n) is 3.38. The van der Waals surface area contributed by atoms with Crippen LogP contribution in [0.4, 0.5) is 0 Å². The van der Waals surface area contributed by atoms with Gasteiger partial charge in [-0.1, -0.05) is 16.8 Å². The molecular weight excluding hydrogens is 268 g/mol. The number of nitrogens with zero attached hydrogens (tertiary/aromatic N) is 1. The minimum Gasteiger partial charge on any atom is -0.411 e. The van der Waals surface area contributed by atoms with Crippen LogP contribution in [0.1, 0.15) is 43.4 Å². The Balaban J connectivity index is 1.53. The standard InChI is InChI=1S/C16H22N2OS/c19-18-16-5-1-3-12-11-13(6-7-15(12)16)17-9-8-14-4-2-10-20-14/h2,4,10,13,17,19H,1,3,5-9,11H2/b18-16+. The van der Waals surface area contributed by atoms with Gasteiger partial charge in [0.2, 0.25) is 0 Å². The van der Waals surface area contributed by atoms with Crippen LogP contribution < -0.4 is 5.32 Å². The van der Waals surface area contributed by atoms with Gasteiger partial charge in [-0.05, 0) is 62.0 Å². The second-order valence-corrected chi connectivity index (χ2v) is 6.74. The van der Waals surface area contributed by atoms with E-state index in [1.54, 1.807) is 0 Å². The summed E-state index contributed by atoms with van der Waals surface area (Å²) in [6.07, 6.45) is 7.79. The highest BCUT2D eigenvalue weighted by atomic mass is 32.1. The van der Waals surface area contributed by atoms with Crippen molar-refractivity contribution in [2.24, 2.45) is 5.16 Å². The molecule has 0 radical (unpaired) electrons. The predicted molar refractivity (Wildman–Crippen MR) is 83.8 cm³/mol. The number of allylic oxidation sites excluding steroid dienone is 1. The molecule has 2 aliphatic carbocycles. The first kappa shape index (κ1) is 13.8. The molecule has 0 saturated heterocycles. The summed E-state index contributed by atoms with van der Waals surface area (Å²) in [5, 5.41) is 18.4. The maximum absolute atomic E-state index is 9.08. The molecular formula is C16H22N2OS. The van der Waals surface area contributed by atoms with Crippen LogP contribution in [0.2, 0.25) is 0 Å². The zero-order valence-corrected chi connectivity index (χ0v) is 12.6. The monoisotopic (exact) mass is 290 g/mol. The lowest BCUT2D eigenvalue weighted by Gasteiger charge is -2.31. The Morgan fingerprint density at radius 3 is 3.10 bits per heavy atom. The molecule has 0 spiro atoms. The van der Waals surface area contributed by atoms with Gasteiger partial charge in [0.25, 0.3) is 0 Å². The van der Waals surface area contributed by atoms with Crippen molar-refractivity contribution in [2.75, 3.05) is 6.54 Å². The summed E-state index contributed by atoms with van der Waals surface area (Å²) in [5.74, 6) is 0. The topological polar surface area (TPSA) is 44.6 Å². The molecule has 1 atom stereocenters. The molecule has 0 bridgehead atoms. The molecule has 1 unspecified atom stereocenters. The van der Waals surface area contributed by atoms with E-state index in [9.17, 15) is 0 Å². The summed E-state index contributed by atoms with van der Waals surface area (Å²) in [6.45, 7) is 1.06. The Bertz CT molecular complexity index is 505. The van der Waals surface area contributed by atoms with E-state index in [-0.39, 0.29) is 0 Å². The van der Waals surface area contributed by atoms with Crippen LogP contribution >= 0.6 is 11.3 Å². The molecule has 0 amide bonds. The van der Waals surface area contributed by atoms with E-state index in [2.05, 4.69) is 28.0 Å². The number of hydrogen-bond acceptors (Lipinski definition) is 4. The Labute approximate surface area is 124 Å².